The van der Waals surface area contributed by atoms with E-state index >= 15 is 0 Å². The molecule has 2 rings (SSSR count). The van der Waals surface area contributed by atoms with E-state index in [9.17, 15) is 0 Å². The van der Waals surface area contributed by atoms with Gasteiger partial charge >= 0.3 is 0 Å². The van der Waals surface area contributed by atoms with Crippen LogP contribution in [0.1, 0.15) is 24.8 Å². The van der Waals surface area contributed by atoms with Crippen LogP contribution in [0.15, 0.2) is 24.3 Å². The highest BCUT2D eigenvalue weighted by Gasteiger charge is 2.22. The van der Waals surface area contributed by atoms with E-state index in [1.54, 1.807) is 0 Å². The summed E-state index contributed by atoms with van der Waals surface area (Å²) in [6, 6.07) is 8.00. The standard InChI is InChI=1S/C13H17Cl2N/c14-12-3-1-2-10(6-12)8-16-9-11-4-5-13(15)7-11/h1-3,6,11,13,16H,4-5,7-9H2. The Morgan fingerprint density at radius 3 is 2.88 bits per heavy atom. The molecule has 0 saturated heterocycles. The van der Waals surface area contributed by atoms with Gasteiger partial charge in [-0.25, -0.2) is 0 Å². The number of nitrogens with one attached hydrogen (secondary N) is 1. The maximum absolute atomic E-state index is 6.08. The molecule has 16 heavy (non-hydrogen) atoms. The van der Waals surface area contributed by atoms with Crippen LogP contribution >= 0.6 is 23.2 Å². The van der Waals surface area contributed by atoms with Crippen molar-refractivity contribution in [2.24, 2.45) is 5.92 Å². The van der Waals surface area contributed by atoms with Crippen LogP contribution in [0.5, 0.6) is 0 Å². The Morgan fingerprint density at radius 2 is 2.19 bits per heavy atom. The summed E-state index contributed by atoms with van der Waals surface area (Å²) in [6.07, 6.45) is 3.59. The molecule has 2 atom stereocenters. The fourth-order valence-electron chi connectivity index (χ4n) is 2.27. The van der Waals surface area contributed by atoms with Crippen molar-refractivity contribution in [3.8, 4) is 0 Å². The number of hydrogen-bond donors (Lipinski definition) is 1. The molecule has 0 amide bonds. The summed E-state index contributed by atoms with van der Waals surface area (Å²) in [5.74, 6) is 0.752. The molecule has 0 bridgehead atoms. The molecule has 0 spiro atoms. The zero-order chi connectivity index (χ0) is 11.4. The third-order valence-electron chi connectivity index (χ3n) is 3.13. The van der Waals surface area contributed by atoms with Crippen LogP contribution in [0, 0.1) is 5.92 Å². The number of benzene rings is 1. The van der Waals surface area contributed by atoms with Crippen molar-refractivity contribution >= 4 is 23.2 Å². The first kappa shape index (κ1) is 12.2. The van der Waals surface area contributed by atoms with Gasteiger partial charge in [-0.15, -0.1) is 11.6 Å². The Hall–Kier alpha value is -0.240. The monoisotopic (exact) mass is 257 g/mol. The fraction of sp³-hybridized carbons (Fsp3) is 0.538. The van der Waals surface area contributed by atoms with Gasteiger partial charge in [0.05, 0.1) is 0 Å². The topological polar surface area (TPSA) is 12.0 Å². The van der Waals surface area contributed by atoms with Gasteiger partial charge in [0, 0.05) is 16.9 Å². The van der Waals surface area contributed by atoms with Gasteiger partial charge < -0.3 is 5.32 Å². The fourth-order valence-corrected chi connectivity index (χ4v) is 2.86. The molecule has 0 radical (unpaired) electrons. The normalized spacial score (nSPS) is 24.9. The third-order valence-corrected chi connectivity index (χ3v) is 3.76. The summed E-state index contributed by atoms with van der Waals surface area (Å²) in [4.78, 5) is 0. The smallest absolute Gasteiger partial charge is 0.0409 e. The van der Waals surface area contributed by atoms with Crippen molar-refractivity contribution in [3.63, 3.8) is 0 Å². The number of hydrogen-bond acceptors (Lipinski definition) is 1. The van der Waals surface area contributed by atoms with E-state index in [0.29, 0.717) is 5.38 Å². The van der Waals surface area contributed by atoms with Crippen molar-refractivity contribution in [2.45, 2.75) is 31.2 Å². The zero-order valence-corrected chi connectivity index (χ0v) is 10.8. The van der Waals surface area contributed by atoms with Crippen LogP contribution in [0.4, 0.5) is 0 Å². The first-order valence-corrected chi connectivity index (χ1v) is 6.64. The maximum atomic E-state index is 6.08. The largest absolute Gasteiger partial charge is 0.312 e. The van der Waals surface area contributed by atoms with Crippen molar-refractivity contribution in [1.29, 1.82) is 0 Å². The minimum Gasteiger partial charge on any atom is -0.312 e. The van der Waals surface area contributed by atoms with Crippen molar-refractivity contribution in [3.05, 3.63) is 34.9 Å². The van der Waals surface area contributed by atoms with E-state index in [0.717, 1.165) is 30.5 Å². The minimum absolute atomic E-state index is 0.401. The molecule has 88 valence electrons. The van der Waals surface area contributed by atoms with E-state index in [4.69, 9.17) is 23.2 Å². The highest BCUT2D eigenvalue weighted by molar-refractivity contribution is 6.30. The molecular weight excluding hydrogens is 241 g/mol. The van der Waals surface area contributed by atoms with Gasteiger partial charge in [-0.2, -0.15) is 0 Å². The van der Waals surface area contributed by atoms with Gasteiger partial charge in [0.1, 0.15) is 0 Å². The summed E-state index contributed by atoms with van der Waals surface area (Å²) in [6.45, 7) is 1.96. The predicted octanol–water partition coefficient (Wildman–Crippen LogP) is 3.84. The molecule has 1 aromatic carbocycles. The Labute approximate surface area is 107 Å². The highest BCUT2D eigenvalue weighted by Crippen LogP contribution is 2.28. The molecule has 1 N–H and O–H groups in total. The number of halogens is 2. The Bertz CT molecular complexity index is 340. The van der Waals surface area contributed by atoms with Crippen molar-refractivity contribution in [2.75, 3.05) is 6.54 Å². The van der Waals surface area contributed by atoms with Crippen LogP contribution in [-0.4, -0.2) is 11.9 Å². The summed E-state index contributed by atoms with van der Waals surface area (Å²) in [5.41, 5.74) is 1.24. The van der Waals surface area contributed by atoms with Gasteiger partial charge in [-0.3, -0.25) is 0 Å². The molecule has 0 aromatic heterocycles. The lowest BCUT2D eigenvalue weighted by Crippen LogP contribution is -2.21. The maximum Gasteiger partial charge on any atom is 0.0409 e. The summed E-state index contributed by atoms with van der Waals surface area (Å²) in [7, 11) is 0. The van der Waals surface area contributed by atoms with Gasteiger partial charge in [0.25, 0.3) is 0 Å². The van der Waals surface area contributed by atoms with E-state index < -0.39 is 0 Å². The Kier molecular flexibility index (Phi) is 4.51. The quantitative estimate of drug-likeness (QED) is 0.809. The molecule has 1 fully saturated rings. The van der Waals surface area contributed by atoms with Gasteiger partial charge in [-0.1, -0.05) is 23.7 Å². The Morgan fingerprint density at radius 1 is 1.31 bits per heavy atom. The molecule has 2 unspecified atom stereocenters. The molecule has 1 aliphatic carbocycles. The molecular formula is C13H17Cl2N. The number of rotatable bonds is 4. The summed E-state index contributed by atoms with van der Waals surface area (Å²) < 4.78 is 0. The van der Waals surface area contributed by atoms with E-state index in [-0.39, 0.29) is 0 Å². The SMILES string of the molecule is Clc1cccc(CNCC2CCC(Cl)C2)c1. The molecule has 0 aliphatic heterocycles. The van der Waals surface area contributed by atoms with Crippen molar-refractivity contribution < 1.29 is 0 Å². The zero-order valence-electron chi connectivity index (χ0n) is 9.26. The first-order chi connectivity index (χ1) is 7.74. The minimum atomic E-state index is 0.401. The molecule has 1 saturated carbocycles. The van der Waals surface area contributed by atoms with Gasteiger partial charge in [0.2, 0.25) is 0 Å². The van der Waals surface area contributed by atoms with Gasteiger partial charge in [-0.05, 0) is 49.4 Å². The molecule has 3 heteroatoms. The van der Waals surface area contributed by atoms with E-state index in [2.05, 4.69) is 11.4 Å². The van der Waals surface area contributed by atoms with Crippen molar-refractivity contribution in [1.82, 2.24) is 5.32 Å². The van der Waals surface area contributed by atoms with Crippen LogP contribution in [-0.2, 0) is 6.54 Å². The number of alkyl halides is 1. The van der Waals surface area contributed by atoms with E-state index in [1.165, 1.54) is 18.4 Å². The molecule has 0 heterocycles. The van der Waals surface area contributed by atoms with E-state index in [1.807, 2.05) is 18.2 Å². The van der Waals surface area contributed by atoms with Gasteiger partial charge in [0.15, 0.2) is 0 Å². The highest BCUT2D eigenvalue weighted by atomic mass is 35.5. The Balaban J connectivity index is 1.72. The van der Waals surface area contributed by atoms with Crippen LogP contribution in [0.3, 0.4) is 0 Å². The molecule has 1 nitrogen and oxygen atoms in total. The molecule has 1 aromatic rings. The molecule has 1 aliphatic rings. The predicted molar refractivity (Wildman–Crippen MR) is 70.1 cm³/mol. The second-order valence-electron chi connectivity index (χ2n) is 4.54. The first-order valence-electron chi connectivity index (χ1n) is 5.83. The lowest BCUT2D eigenvalue weighted by Gasteiger charge is -2.10. The summed E-state index contributed by atoms with van der Waals surface area (Å²) in [5, 5.41) is 4.68. The summed E-state index contributed by atoms with van der Waals surface area (Å²) >= 11 is 12.0. The average Bonchev–Trinajstić information content (AvgIpc) is 2.64. The third kappa shape index (κ3) is 3.65. The second-order valence-corrected chi connectivity index (χ2v) is 5.59. The second kappa shape index (κ2) is 5.90. The lowest BCUT2D eigenvalue weighted by molar-refractivity contribution is 0.490. The van der Waals surface area contributed by atoms with Crippen LogP contribution < -0.4 is 5.32 Å². The van der Waals surface area contributed by atoms with Crippen LogP contribution in [0.2, 0.25) is 5.02 Å². The lowest BCUT2D eigenvalue weighted by atomic mass is 10.1. The average molecular weight is 258 g/mol. The van der Waals surface area contributed by atoms with Crippen LogP contribution in [0.25, 0.3) is 0 Å².